The van der Waals surface area contributed by atoms with Crippen molar-refractivity contribution >= 4 is 12.2 Å². The summed E-state index contributed by atoms with van der Waals surface area (Å²) < 4.78 is 6.81. The molecule has 28 heavy (non-hydrogen) atoms. The maximum Gasteiger partial charge on any atom is 0.175 e. The molecule has 0 spiro atoms. The van der Waals surface area contributed by atoms with E-state index in [4.69, 9.17) is 4.74 Å². The molecule has 0 unspecified atom stereocenters. The number of hydrogen-bond donors (Lipinski definition) is 1. The Balaban J connectivity index is 1.75. The second-order valence-electron chi connectivity index (χ2n) is 6.02. The number of phenols is 1. The van der Waals surface area contributed by atoms with Crippen LogP contribution in [0.1, 0.15) is 11.4 Å². The molecule has 0 radical (unpaired) electrons. The van der Waals surface area contributed by atoms with E-state index in [1.165, 1.54) is 0 Å². The molecule has 2 heterocycles. The van der Waals surface area contributed by atoms with E-state index >= 15 is 0 Å². The molecule has 0 atom stereocenters. The van der Waals surface area contributed by atoms with Crippen molar-refractivity contribution in [3.63, 3.8) is 0 Å². The Labute approximate surface area is 162 Å². The van der Waals surface area contributed by atoms with E-state index in [-0.39, 0.29) is 5.75 Å². The molecule has 0 saturated heterocycles. The van der Waals surface area contributed by atoms with Crippen LogP contribution >= 0.6 is 0 Å². The summed E-state index contributed by atoms with van der Waals surface area (Å²) >= 11 is 0. The summed E-state index contributed by atoms with van der Waals surface area (Å²) in [6.45, 7) is 0. The third-order valence-electron chi connectivity index (χ3n) is 4.18. The summed E-state index contributed by atoms with van der Waals surface area (Å²) in [7, 11) is 1.64. The highest BCUT2D eigenvalue weighted by Crippen LogP contribution is 2.28. The lowest BCUT2D eigenvalue weighted by molar-refractivity contribution is 0.415. The summed E-state index contributed by atoms with van der Waals surface area (Å²) in [5, 5.41) is 14.8. The number of ether oxygens (including phenoxy) is 1. The van der Waals surface area contributed by atoms with Gasteiger partial charge in [0.25, 0.3) is 0 Å². The maximum absolute atomic E-state index is 10.3. The topological polar surface area (TPSA) is 73.1 Å². The van der Waals surface area contributed by atoms with E-state index in [1.807, 2.05) is 60.7 Å². The molecule has 1 N–H and O–H groups in total. The van der Waals surface area contributed by atoms with Crippen LogP contribution in [-0.4, -0.2) is 32.0 Å². The molecule has 0 aliphatic carbocycles. The maximum atomic E-state index is 10.3. The molecular weight excluding hydrogens is 352 g/mol. The van der Waals surface area contributed by atoms with Crippen LogP contribution in [0, 0.1) is 0 Å². The first-order valence-corrected chi connectivity index (χ1v) is 8.73. The third kappa shape index (κ3) is 3.61. The number of pyridine rings is 1. The van der Waals surface area contributed by atoms with Crippen LogP contribution in [0.25, 0.3) is 29.4 Å². The summed E-state index contributed by atoms with van der Waals surface area (Å²) in [5.74, 6) is 2.59. The Morgan fingerprint density at radius 2 is 1.71 bits per heavy atom. The average Bonchev–Trinajstić information content (AvgIpc) is 3.18. The number of rotatable bonds is 5. The number of hydrogen-bond acceptors (Lipinski definition) is 5. The van der Waals surface area contributed by atoms with E-state index in [0.29, 0.717) is 23.0 Å². The normalized spacial score (nSPS) is 11.0. The quantitative estimate of drug-likeness (QED) is 0.570. The number of phenolic OH excluding ortho intramolecular Hbond substituents is 1. The molecule has 0 amide bonds. The largest absolute Gasteiger partial charge is 0.507 e. The second kappa shape index (κ2) is 7.75. The molecule has 0 aliphatic heterocycles. The Morgan fingerprint density at radius 1 is 0.929 bits per heavy atom. The van der Waals surface area contributed by atoms with E-state index < -0.39 is 0 Å². The fraction of sp³-hybridized carbons (Fsp3) is 0.0455. The molecule has 2 aromatic carbocycles. The summed E-state index contributed by atoms with van der Waals surface area (Å²) in [6.07, 6.45) is 5.44. The summed E-state index contributed by atoms with van der Waals surface area (Å²) in [6, 6.07) is 20.3. The Hall–Kier alpha value is -3.93. The van der Waals surface area contributed by atoms with Gasteiger partial charge in [-0.05, 0) is 48.0 Å². The number of aromatic hydroxyl groups is 1. The lowest BCUT2D eigenvalue weighted by Gasteiger charge is -2.06. The molecule has 0 saturated carbocycles. The molecule has 0 bridgehead atoms. The zero-order chi connectivity index (χ0) is 19.3. The summed E-state index contributed by atoms with van der Waals surface area (Å²) in [4.78, 5) is 8.96. The Morgan fingerprint density at radius 3 is 2.43 bits per heavy atom. The van der Waals surface area contributed by atoms with Crippen molar-refractivity contribution in [1.29, 1.82) is 0 Å². The third-order valence-corrected chi connectivity index (χ3v) is 4.18. The van der Waals surface area contributed by atoms with Gasteiger partial charge in [-0.25, -0.2) is 9.97 Å². The van der Waals surface area contributed by atoms with Crippen molar-refractivity contribution in [2.45, 2.75) is 0 Å². The highest BCUT2D eigenvalue weighted by atomic mass is 16.5. The van der Waals surface area contributed by atoms with Crippen molar-refractivity contribution in [1.82, 2.24) is 19.7 Å². The number of methoxy groups -OCH3 is 1. The first-order valence-electron chi connectivity index (χ1n) is 8.73. The minimum absolute atomic E-state index is 0.137. The summed E-state index contributed by atoms with van der Waals surface area (Å²) in [5.41, 5.74) is 1.59. The van der Waals surface area contributed by atoms with Crippen LogP contribution in [0.2, 0.25) is 0 Å². The van der Waals surface area contributed by atoms with E-state index in [1.54, 1.807) is 36.2 Å². The SMILES string of the molecule is COc1ccc(/C=C/c2nc(-c3ccccc3O)n(-c3ccccn3)n2)cc1. The van der Waals surface area contributed by atoms with Gasteiger partial charge < -0.3 is 9.84 Å². The Bertz CT molecular complexity index is 1100. The highest BCUT2D eigenvalue weighted by Gasteiger charge is 2.15. The lowest BCUT2D eigenvalue weighted by atomic mass is 10.2. The standard InChI is InChI=1S/C22H18N4O2/c1-28-17-12-9-16(10-13-17)11-14-20-24-22(18-6-2-3-7-19(18)27)26(25-20)21-8-4-5-15-23-21/h2-15,27H,1H3/b14-11+. The Kier molecular flexibility index (Phi) is 4.84. The van der Waals surface area contributed by atoms with Crippen LogP contribution in [0.15, 0.2) is 72.9 Å². The molecule has 2 aromatic heterocycles. The van der Waals surface area contributed by atoms with Gasteiger partial charge in [0.05, 0.1) is 12.7 Å². The van der Waals surface area contributed by atoms with Crippen molar-refractivity contribution in [3.8, 4) is 28.7 Å². The van der Waals surface area contributed by atoms with Crippen LogP contribution in [0.5, 0.6) is 11.5 Å². The van der Waals surface area contributed by atoms with Crippen molar-refractivity contribution in [2.75, 3.05) is 7.11 Å². The lowest BCUT2D eigenvalue weighted by Crippen LogP contribution is -2.01. The molecular formula is C22H18N4O2. The van der Waals surface area contributed by atoms with E-state index in [0.717, 1.165) is 11.3 Å². The smallest absolute Gasteiger partial charge is 0.175 e. The van der Waals surface area contributed by atoms with E-state index in [2.05, 4.69) is 15.1 Å². The van der Waals surface area contributed by atoms with Crippen molar-refractivity contribution in [2.24, 2.45) is 0 Å². The number of aromatic nitrogens is 4. The van der Waals surface area contributed by atoms with Crippen molar-refractivity contribution in [3.05, 3.63) is 84.3 Å². The van der Waals surface area contributed by atoms with Gasteiger partial charge in [-0.15, -0.1) is 5.10 Å². The van der Waals surface area contributed by atoms with Gasteiger partial charge >= 0.3 is 0 Å². The number of nitrogens with zero attached hydrogens (tertiary/aromatic N) is 4. The molecule has 4 aromatic rings. The average molecular weight is 370 g/mol. The van der Waals surface area contributed by atoms with Gasteiger partial charge in [0.15, 0.2) is 17.5 Å². The van der Waals surface area contributed by atoms with Crippen LogP contribution in [0.3, 0.4) is 0 Å². The van der Waals surface area contributed by atoms with Crippen LogP contribution in [0.4, 0.5) is 0 Å². The van der Waals surface area contributed by atoms with Gasteiger partial charge in [-0.3, -0.25) is 0 Å². The first-order chi connectivity index (χ1) is 13.7. The first kappa shape index (κ1) is 17.5. The number of para-hydroxylation sites is 1. The van der Waals surface area contributed by atoms with Gasteiger partial charge in [0, 0.05) is 6.20 Å². The second-order valence-corrected chi connectivity index (χ2v) is 6.02. The van der Waals surface area contributed by atoms with Crippen LogP contribution < -0.4 is 4.74 Å². The zero-order valence-electron chi connectivity index (χ0n) is 15.2. The van der Waals surface area contributed by atoms with Gasteiger partial charge in [0.1, 0.15) is 11.5 Å². The van der Waals surface area contributed by atoms with E-state index in [9.17, 15) is 5.11 Å². The minimum atomic E-state index is 0.137. The molecule has 6 heteroatoms. The minimum Gasteiger partial charge on any atom is -0.507 e. The molecule has 0 aliphatic rings. The molecule has 6 nitrogen and oxygen atoms in total. The predicted molar refractivity (Wildman–Crippen MR) is 108 cm³/mol. The molecule has 138 valence electrons. The monoisotopic (exact) mass is 370 g/mol. The number of benzene rings is 2. The fourth-order valence-electron chi connectivity index (χ4n) is 2.76. The zero-order valence-corrected chi connectivity index (χ0v) is 15.2. The fourth-order valence-corrected chi connectivity index (χ4v) is 2.76. The van der Waals surface area contributed by atoms with Crippen LogP contribution in [-0.2, 0) is 0 Å². The highest BCUT2D eigenvalue weighted by molar-refractivity contribution is 5.70. The predicted octanol–water partition coefficient (Wildman–Crippen LogP) is 4.21. The molecule has 0 fully saturated rings. The molecule has 4 rings (SSSR count). The van der Waals surface area contributed by atoms with Gasteiger partial charge in [0.2, 0.25) is 0 Å². The van der Waals surface area contributed by atoms with Gasteiger partial charge in [-0.2, -0.15) is 4.68 Å². The van der Waals surface area contributed by atoms with Crippen molar-refractivity contribution < 1.29 is 9.84 Å². The van der Waals surface area contributed by atoms with Gasteiger partial charge in [-0.1, -0.05) is 36.4 Å².